The van der Waals surface area contributed by atoms with Crippen molar-refractivity contribution in [3.05, 3.63) is 40.3 Å². The summed E-state index contributed by atoms with van der Waals surface area (Å²) in [5.41, 5.74) is 0.186. The molecule has 1 aliphatic rings. The highest BCUT2D eigenvalue weighted by Gasteiger charge is 2.29. The Balaban J connectivity index is 1.63. The predicted molar refractivity (Wildman–Crippen MR) is 118 cm³/mol. The average Bonchev–Trinajstić information content (AvgIpc) is 3.48. The molecule has 0 radical (unpaired) electrons. The number of hydrogen-bond acceptors (Lipinski definition) is 10. The quantitative estimate of drug-likeness (QED) is 0.353. The fourth-order valence-electron chi connectivity index (χ4n) is 3.40. The molecule has 12 nitrogen and oxygen atoms in total. The minimum absolute atomic E-state index is 0.0137. The highest BCUT2D eigenvalue weighted by Crippen LogP contribution is 2.37. The number of ether oxygens (including phenoxy) is 1. The van der Waals surface area contributed by atoms with Crippen molar-refractivity contribution < 1.29 is 21.6 Å². The Morgan fingerprint density at radius 3 is 2.61 bits per heavy atom. The molecule has 1 fully saturated rings. The van der Waals surface area contributed by atoms with Crippen LogP contribution in [-0.4, -0.2) is 71.3 Å². The SMILES string of the molecule is COCCc1cc2cnc(S(C)(=O)=O)nc2n(CCCS(=O)(=O)n2cnc(C3CC3)n2)c1=O. The van der Waals surface area contributed by atoms with Crippen LogP contribution in [0.3, 0.4) is 0 Å². The van der Waals surface area contributed by atoms with Gasteiger partial charge in [-0.15, -0.1) is 9.19 Å². The molecular weight excluding hydrogens is 472 g/mol. The summed E-state index contributed by atoms with van der Waals surface area (Å²) >= 11 is 0. The normalized spacial score (nSPS) is 14.7. The number of aryl methyl sites for hydroxylation is 1. The Kier molecular flexibility index (Phi) is 6.33. The summed E-state index contributed by atoms with van der Waals surface area (Å²) in [4.78, 5) is 25.1. The number of aromatic nitrogens is 6. The van der Waals surface area contributed by atoms with E-state index in [9.17, 15) is 21.6 Å². The fourth-order valence-corrected chi connectivity index (χ4v) is 4.98. The number of pyridine rings is 1. The van der Waals surface area contributed by atoms with Crippen LogP contribution in [0.15, 0.2) is 28.5 Å². The van der Waals surface area contributed by atoms with Crippen molar-refractivity contribution in [2.75, 3.05) is 25.7 Å². The molecule has 0 amide bonds. The van der Waals surface area contributed by atoms with Gasteiger partial charge < -0.3 is 4.74 Å². The van der Waals surface area contributed by atoms with Crippen LogP contribution in [0.2, 0.25) is 0 Å². The van der Waals surface area contributed by atoms with E-state index < -0.39 is 25.0 Å². The lowest BCUT2D eigenvalue weighted by Gasteiger charge is -2.13. The monoisotopic (exact) mass is 496 g/mol. The second-order valence-corrected chi connectivity index (χ2v) is 11.8. The molecule has 33 heavy (non-hydrogen) atoms. The maximum Gasteiger partial charge on any atom is 0.255 e. The lowest BCUT2D eigenvalue weighted by molar-refractivity contribution is 0.202. The Bertz CT molecular complexity index is 1460. The summed E-state index contributed by atoms with van der Waals surface area (Å²) in [5.74, 6) is 0.474. The van der Waals surface area contributed by atoms with E-state index in [-0.39, 0.29) is 35.8 Å². The molecule has 1 aliphatic carbocycles. The van der Waals surface area contributed by atoms with Crippen molar-refractivity contribution in [1.82, 2.24) is 28.7 Å². The molecule has 0 unspecified atom stereocenters. The molecule has 0 N–H and O–H groups in total. The molecule has 3 aromatic heterocycles. The first-order valence-corrected chi connectivity index (χ1v) is 13.8. The summed E-state index contributed by atoms with van der Waals surface area (Å²) in [6.45, 7) is 0.326. The molecule has 0 saturated heterocycles. The minimum atomic E-state index is -3.76. The third-order valence-corrected chi connectivity index (χ3v) is 7.70. The number of rotatable bonds is 10. The Labute approximate surface area is 190 Å². The van der Waals surface area contributed by atoms with Crippen LogP contribution < -0.4 is 5.56 Å². The van der Waals surface area contributed by atoms with E-state index >= 15 is 0 Å². The van der Waals surface area contributed by atoms with Crippen LogP contribution in [0.25, 0.3) is 11.0 Å². The molecule has 178 valence electrons. The van der Waals surface area contributed by atoms with Crippen molar-refractivity contribution in [2.24, 2.45) is 0 Å². The summed E-state index contributed by atoms with van der Waals surface area (Å²) < 4.78 is 56.4. The predicted octanol–water partition coefficient (Wildman–Crippen LogP) is 0.121. The summed E-state index contributed by atoms with van der Waals surface area (Å²) in [5, 5.41) is 4.14. The van der Waals surface area contributed by atoms with Gasteiger partial charge >= 0.3 is 0 Å². The molecule has 0 aliphatic heterocycles. The van der Waals surface area contributed by atoms with Crippen LogP contribution in [0, 0.1) is 0 Å². The first-order valence-electron chi connectivity index (χ1n) is 10.3. The van der Waals surface area contributed by atoms with E-state index in [1.54, 1.807) is 6.07 Å². The van der Waals surface area contributed by atoms with Gasteiger partial charge in [0, 0.05) is 49.4 Å². The van der Waals surface area contributed by atoms with Crippen molar-refractivity contribution in [1.29, 1.82) is 0 Å². The molecule has 0 spiro atoms. The van der Waals surface area contributed by atoms with Crippen molar-refractivity contribution in [3.63, 3.8) is 0 Å². The van der Waals surface area contributed by atoms with Crippen LogP contribution in [-0.2, 0) is 37.6 Å². The first-order chi connectivity index (χ1) is 15.6. The Morgan fingerprint density at radius 2 is 1.94 bits per heavy atom. The highest BCUT2D eigenvalue weighted by atomic mass is 32.2. The number of nitrogens with zero attached hydrogens (tertiary/aromatic N) is 6. The van der Waals surface area contributed by atoms with Crippen molar-refractivity contribution in [2.45, 2.75) is 43.3 Å². The smallest absolute Gasteiger partial charge is 0.255 e. The highest BCUT2D eigenvalue weighted by molar-refractivity contribution is 7.90. The molecular formula is C19H24N6O6S2. The standard InChI is InChI=1S/C19H24N6O6S2/c1-31-8-6-14-10-15-11-20-19(32(2,27)28)22-17(15)24(18(14)26)7-3-9-33(29,30)25-12-21-16(23-25)13-4-5-13/h10-13H,3-9H2,1-2H3. The topological polar surface area (TPSA) is 156 Å². The Hall–Kier alpha value is -2.71. The molecule has 1 saturated carbocycles. The summed E-state index contributed by atoms with van der Waals surface area (Å²) in [6.07, 6.45) is 5.85. The van der Waals surface area contributed by atoms with E-state index in [2.05, 4.69) is 20.1 Å². The van der Waals surface area contributed by atoms with Gasteiger partial charge in [0.25, 0.3) is 15.6 Å². The first kappa shape index (κ1) is 23.4. The van der Waals surface area contributed by atoms with Crippen LogP contribution in [0.5, 0.6) is 0 Å². The largest absolute Gasteiger partial charge is 0.384 e. The maximum atomic E-state index is 13.1. The molecule has 3 aromatic rings. The third-order valence-electron chi connectivity index (χ3n) is 5.29. The van der Waals surface area contributed by atoms with E-state index in [0.29, 0.717) is 29.8 Å². The number of methoxy groups -OCH3 is 1. The summed E-state index contributed by atoms with van der Waals surface area (Å²) in [6, 6.07) is 1.60. The van der Waals surface area contributed by atoms with Gasteiger partial charge in [-0.05, 0) is 25.3 Å². The zero-order chi connectivity index (χ0) is 23.8. The van der Waals surface area contributed by atoms with Gasteiger partial charge in [-0.3, -0.25) is 9.36 Å². The summed E-state index contributed by atoms with van der Waals surface area (Å²) in [7, 11) is -5.94. The minimum Gasteiger partial charge on any atom is -0.384 e. The van der Waals surface area contributed by atoms with Crippen molar-refractivity contribution in [3.8, 4) is 0 Å². The molecule has 3 heterocycles. The van der Waals surface area contributed by atoms with Gasteiger partial charge in [-0.2, -0.15) is 4.98 Å². The van der Waals surface area contributed by atoms with Gasteiger partial charge in [-0.25, -0.2) is 26.8 Å². The van der Waals surface area contributed by atoms with Gasteiger partial charge in [0.05, 0.1) is 12.4 Å². The molecule has 4 rings (SSSR count). The lowest BCUT2D eigenvalue weighted by Crippen LogP contribution is -2.27. The van der Waals surface area contributed by atoms with Gasteiger partial charge in [0.15, 0.2) is 5.82 Å². The van der Waals surface area contributed by atoms with Gasteiger partial charge in [0.2, 0.25) is 15.0 Å². The van der Waals surface area contributed by atoms with E-state index in [4.69, 9.17) is 4.74 Å². The number of sulfone groups is 1. The molecule has 0 bridgehead atoms. The maximum absolute atomic E-state index is 13.1. The van der Waals surface area contributed by atoms with Crippen LogP contribution >= 0.6 is 0 Å². The van der Waals surface area contributed by atoms with Crippen molar-refractivity contribution >= 4 is 30.9 Å². The second-order valence-electron chi connectivity index (χ2n) is 7.99. The van der Waals surface area contributed by atoms with E-state index in [1.807, 2.05) is 0 Å². The van der Waals surface area contributed by atoms with Crippen LogP contribution in [0.4, 0.5) is 0 Å². The zero-order valence-electron chi connectivity index (χ0n) is 18.2. The molecule has 0 atom stereocenters. The molecule has 14 heteroatoms. The number of fused-ring (bicyclic) bond motifs is 1. The second kappa shape index (κ2) is 8.91. The zero-order valence-corrected chi connectivity index (χ0v) is 19.8. The fraction of sp³-hybridized carbons (Fsp3) is 0.526. The Morgan fingerprint density at radius 1 is 1.18 bits per heavy atom. The lowest BCUT2D eigenvalue weighted by atomic mass is 10.1. The van der Waals surface area contributed by atoms with Crippen LogP contribution in [0.1, 0.15) is 36.6 Å². The third kappa shape index (κ3) is 5.12. The average molecular weight is 497 g/mol. The molecule has 0 aromatic carbocycles. The van der Waals surface area contributed by atoms with Gasteiger partial charge in [0.1, 0.15) is 12.0 Å². The number of hydrogen-bond donors (Lipinski definition) is 0. The van der Waals surface area contributed by atoms with E-state index in [1.165, 1.54) is 24.2 Å². The van der Waals surface area contributed by atoms with Gasteiger partial charge in [-0.1, -0.05) is 0 Å². The van der Waals surface area contributed by atoms with E-state index in [0.717, 1.165) is 23.2 Å².